The summed E-state index contributed by atoms with van der Waals surface area (Å²) >= 11 is 0. The molecule has 164 valence electrons. The Bertz CT molecular complexity index is 1200. The van der Waals surface area contributed by atoms with Crippen molar-refractivity contribution < 1.29 is 22.5 Å². The van der Waals surface area contributed by atoms with Crippen molar-refractivity contribution in [1.82, 2.24) is 0 Å². The minimum absolute atomic E-state index is 0.0478. The molecule has 0 radical (unpaired) electrons. The Hall–Kier alpha value is -3.40. The summed E-state index contributed by atoms with van der Waals surface area (Å²) in [5.41, 5.74) is 4.18. The molecular formula is C26H24O5S. The summed E-state index contributed by atoms with van der Waals surface area (Å²) in [4.78, 5) is 10.7. The molecule has 0 fully saturated rings. The van der Waals surface area contributed by atoms with Gasteiger partial charge in [0.1, 0.15) is 5.75 Å². The van der Waals surface area contributed by atoms with Crippen LogP contribution in [0.2, 0.25) is 0 Å². The van der Waals surface area contributed by atoms with Crippen molar-refractivity contribution in [1.29, 1.82) is 0 Å². The summed E-state index contributed by atoms with van der Waals surface area (Å²) in [6.07, 6.45) is 1.01. The molecule has 0 saturated heterocycles. The van der Waals surface area contributed by atoms with Crippen molar-refractivity contribution in [3.05, 3.63) is 107 Å². The zero-order chi connectivity index (χ0) is 22.8. The van der Waals surface area contributed by atoms with Crippen LogP contribution in [0.1, 0.15) is 34.2 Å². The van der Waals surface area contributed by atoms with Gasteiger partial charge in [0.05, 0.1) is 6.61 Å². The molecule has 0 unspecified atom stereocenters. The first kappa shape index (κ1) is 23.3. The molecule has 32 heavy (non-hydrogen) atoms. The summed E-state index contributed by atoms with van der Waals surface area (Å²) in [6, 6.07) is 24.0. The number of hydrogen-bond donors (Lipinski definition) is 1. The van der Waals surface area contributed by atoms with E-state index < -0.39 is 16.1 Å². The summed E-state index contributed by atoms with van der Waals surface area (Å²) in [7, 11) is -3.66. The fourth-order valence-electron chi connectivity index (χ4n) is 3.10. The molecule has 3 aromatic carbocycles. The zero-order valence-corrected chi connectivity index (χ0v) is 18.3. The van der Waals surface area contributed by atoms with Crippen LogP contribution in [0.25, 0.3) is 0 Å². The van der Waals surface area contributed by atoms with E-state index in [1.165, 1.54) is 0 Å². The van der Waals surface area contributed by atoms with Crippen molar-refractivity contribution in [2.75, 3.05) is 6.61 Å². The average Bonchev–Trinajstić information content (AvgIpc) is 2.78. The lowest BCUT2D eigenvalue weighted by atomic mass is 10.0. The molecule has 0 saturated carbocycles. The van der Waals surface area contributed by atoms with Crippen molar-refractivity contribution >= 4 is 16.1 Å². The van der Waals surface area contributed by atoms with Crippen LogP contribution in [0.4, 0.5) is 0 Å². The topological polar surface area (TPSA) is 80.7 Å². The lowest BCUT2D eigenvalue weighted by Crippen LogP contribution is -2.11. The third-order valence-corrected chi connectivity index (χ3v) is 5.97. The highest BCUT2D eigenvalue weighted by Crippen LogP contribution is 2.12. The van der Waals surface area contributed by atoms with Crippen LogP contribution in [0.3, 0.4) is 0 Å². The smallest absolute Gasteiger partial charge is 0.303 e. The second kappa shape index (κ2) is 11.3. The molecule has 3 aromatic rings. The lowest BCUT2D eigenvalue weighted by Gasteiger charge is -2.07. The Labute approximate surface area is 188 Å². The quantitative estimate of drug-likeness (QED) is 0.392. The van der Waals surface area contributed by atoms with Gasteiger partial charge in [-0.2, -0.15) is 8.42 Å². The number of carboxylic acids is 1. The van der Waals surface area contributed by atoms with E-state index in [0.717, 1.165) is 22.3 Å². The second-order valence-corrected chi connectivity index (χ2v) is 8.90. The van der Waals surface area contributed by atoms with Gasteiger partial charge in [0.2, 0.25) is 0 Å². The van der Waals surface area contributed by atoms with Gasteiger partial charge in [-0.3, -0.25) is 8.98 Å². The van der Waals surface area contributed by atoms with Gasteiger partial charge in [0.15, 0.2) is 0 Å². The van der Waals surface area contributed by atoms with Crippen LogP contribution in [0, 0.1) is 11.8 Å². The maximum Gasteiger partial charge on any atom is 0.303 e. The highest BCUT2D eigenvalue weighted by atomic mass is 32.2. The molecule has 6 heteroatoms. The normalized spacial score (nSPS) is 10.9. The molecule has 0 aromatic heterocycles. The molecule has 1 N–H and O–H groups in total. The maximum atomic E-state index is 12.2. The molecule has 0 aliphatic carbocycles. The van der Waals surface area contributed by atoms with Gasteiger partial charge in [-0.15, -0.1) is 0 Å². The van der Waals surface area contributed by atoms with Gasteiger partial charge in [-0.05, 0) is 47.7 Å². The van der Waals surface area contributed by atoms with Crippen molar-refractivity contribution in [3.63, 3.8) is 0 Å². The fourth-order valence-corrected chi connectivity index (χ4v) is 4.13. The predicted molar refractivity (Wildman–Crippen MR) is 124 cm³/mol. The van der Waals surface area contributed by atoms with Crippen LogP contribution in [0.5, 0.6) is 0 Å². The first-order valence-electron chi connectivity index (χ1n) is 10.2. The molecule has 5 nitrogen and oxygen atoms in total. The van der Waals surface area contributed by atoms with E-state index in [1.54, 1.807) is 24.3 Å². The van der Waals surface area contributed by atoms with Crippen molar-refractivity contribution in [2.24, 2.45) is 0 Å². The molecule has 0 spiro atoms. The summed E-state index contributed by atoms with van der Waals surface area (Å²) in [5, 5.41) is 8.77. The minimum atomic E-state index is -3.66. The number of carbonyl (C=O) groups is 1. The Morgan fingerprint density at radius 1 is 0.812 bits per heavy atom. The molecule has 0 amide bonds. The van der Waals surface area contributed by atoms with E-state index in [1.807, 2.05) is 54.6 Å². The van der Waals surface area contributed by atoms with E-state index in [0.29, 0.717) is 18.4 Å². The summed E-state index contributed by atoms with van der Waals surface area (Å²) in [5.74, 6) is 5.27. The van der Waals surface area contributed by atoms with E-state index >= 15 is 0 Å². The SMILES string of the molecule is O=C(O)CCc1ccc(C#Cc2ccccc2CCOS(=O)(=O)Cc2ccccc2)cc1. The number of benzene rings is 3. The van der Waals surface area contributed by atoms with Gasteiger partial charge < -0.3 is 5.11 Å². The van der Waals surface area contributed by atoms with E-state index in [4.69, 9.17) is 9.29 Å². The molecule has 0 atom stereocenters. The summed E-state index contributed by atoms with van der Waals surface area (Å²) < 4.78 is 29.6. The fraction of sp³-hybridized carbons (Fsp3) is 0.192. The molecular weight excluding hydrogens is 424 g/mol. The van der Waals surface area contributed by atoms with Gasteiger partial charge in [-0.25, -0.2) is 0 Å². The third-order valence-electron chi connectivity index (χ3n) is 4.76. The lowest BCUT2D eigenvalue weighted by molar-refractivity contribution is -0.136. The van der Waals surface area contributed by atoms with Crippen LogP contribution in [-0.2, 0) is 37.7 Å². The number of rotatable bonds is 9. The first-order chi connectivity index (χ1) is 15.4. The second-order valence-electron chi connectivity index (χ2n) is 7.26. The monoisotopic (exact) mass is 448 g/mol. The first-order valence-corrected chi connectivity index (χ1v) is 11.8. The molecule has 0 heterocycles. The number of hydrogen-bond acceptors (Lipinski definition) is 4. The minimum Gasteiger partial charge on any atom is -0.481 e. The Morgan fingerprint density at radius 2 is 1.50 bits per heavy atom. The van der Waals surface area contributed by atoms with Gasteiger partial charge in [-0.1, -0.05) is 72.5 Å². The average molecular weight is 449 g/mol. The largest absolute Gasteiger partial charge is 0.481 e. The molecule has 3 rings (SSSR count). The maximum absolute atomic E-state index is 12.2. The number of aryl methyl sites for hydroxylation is 1. The molecule has 0 aliphatic rings. The Balaban J connectivity index is 1.60. The molecule has 0 aliphatic heterocycles. The highest BCUT2D eigenvalue weighted by molar-refractivity contribution is 7.85. The van der Waals surface area contributed by atoms with Crippen molar-refractivity contribution in [2.45, 2.75) is 25.0 Å². The van der Waals surface area contributed by atoms with Crippen LogP contribution < -0.4 is 0 Å². The third kappa shape index (κ3) is 7.69. The van der Waals surface area contributed by atoms with E-state index in [-0.39, 0.29) is 18.8 Å². The Morgan fingerprint density at radius 3 is 2.22 bits per heavy atom. The van der Waals surface area contributed by atoms with Crippen LogP contribution in [-0.4, -0.2) is 26.1 Å². The molecule has 0 bridgehead atoms. The highest BCUT2D eigenvalue weighted by Gasteiger charge is 2.12. The van der Waals surface area contributed by atoms with Gasteiger partial charge in [0.25, 0.3) is 10.1 Å². The standard InChI is InChI=1S/C26H24O5S/c27-26(28)17-15-22-12-10-21(11-13-22)14-16-24-8-4-5-9-25(24)18-19-31-32(29,30)20-23-6-2-1-3-7-23/h1-13H,15,17-20H2,(H,27,28). The number of carboxylic acid groups (broad SMARTS) is 1. The van der Waals surface area contributed by atoms with E-state index in [2.05, 4.69) is 11.8 Å². The summed E-state index contributed by atoms with van der Waals surface area (Å²) in [6.45, 7) is 0.0478. The predicted octanol–water partition coefficient (Wildman–Crippen LogP) is 4.19. The number of aliphatic carboxylic acids is 1. The van der Waals surface area contributed by atoms with Gasteiger partial charge >= 0.3 is 5.97 Å². The van der Waals surface area contributed by atoms with Crippen LogP contribution >= 0.6 is 0 Å². The zero-order valence-electron chi connectivity index (χ0n) is 17.5. The van der Waals surface area contributed by atoms with Crippen LogP contribution in [0.15, 0.2) is 78.9 Å². The Kier molecular flexibility index (Phi) is 8.20. The van der Waals surface area contributed by atoms with Gasteiger partial charge in [0, 0.05) is 17.5 Å². The van der Waals surface area contributed by atoms with Crippen molar-refractivity contribution in [3.8, 4) is 11.8 Å². The van der Waals surface area contributed by atoms with E-state index in [9.17, 15) is 13.2 Å².